The van der Waals surface area contributed by atoms with E-state index in [-0.39, 0.29) is 5.91 Å². The summed E-state index contributed by atoms with van der Waals surface area (Å²) in [5, 5.41) is 3.13. The number of piperazine rings is 1. The first kappa shape index (κ1) is 15.8. The maximum absolute atomic E-state index is 11.5. The number of rotatable bonds is 4. The molecule has 1 aromatic rings. The molecular weight excluding hydrogens is 302 g/mol. The Balaban J connectivity index is 1.19. The van der Waals surface area contributed by atoms with E-state index in [1.165, 1.54) is 0 Å². The number of hydrogen-bond acceptors (Lipinski definition) is 5. The van der Waals surface area contributed by atoms with Crippen LogP contribution in [0.25, 0.3) is 0 Å². The van der Waals surface area contributed by atoms with Gasteiger partial charge >= 0.3 is 0 Å². The minimum atomic E-state index is 0.231. The third kappa shape index (κ3) is 3.54. The summed E-state index contributed by atoms with van der Waals surface area (Å²) in [5.41, 5.74) is 0. The first-order chi connectivity index (χ1) is 11.8. The van der Waals surface area contributed by atoms with Crippen molar-refractivity contribution in [2.45, 2.75) is 31.3 Å². The van der Waals surface area contributed by atoms with Crippen LogP contribution in [-0.4, -0.2) is 78.6 Å². The summed E-state index contributed by atoms with van der Waals surface area (Å²) in [6, 6.07) is 7.18. The highest BCUT2D eigenvalue weighted by atomic mass is 16.1. The third-order valence-electron chi connectivity index (χ3n) is 5.54. The second-order valence-electron chi connectivity index (χ2n) is 7.24. The van der Waals surface area contributed by atoms with E-state index in [2.05, 4.69) is 37.1 Å². The van der Waals surface area contributed by atoms with E-state index in [0.717, 1.165) is 64.5 Å². The van der Waals surface area contributed by atoms with Gasteiger partial charge in [0.1, 0.15) is 5.82 Å². The van der Waals surface area contributed by atoms with Crippen LogP contribution in [0.15, 0.2) is 24.4 Å². The number of anilines is 1. The molecule has 1 unspecified atom stereocenters. The zero-order valence-electron chi connectivity index (χ0n) is 14.2. The lowest BCUT2D eigenvalue weighted by Crippen LogP contribution is -2.64. The second kappa shape index (κ2) is 7.07. The minimum Gasteiger partial charge on any atom is -0.354 e. The molecule has 6 nitrogen and oxygen atoms in total. The molecule has 6 heteroatoms. The van der Waals surface area contributed by atoms with Gasteiger partial charge in [0, 0.05) is 70.5 Å². The van der Waals surface area contributed by atoms with Crippen LogP contribution in [0.1, 0.15) is 19.3 Å². The predicted octanol–water partition coefficient (Wildman–Crippen LogP) is 0.557. The molecule has 0 spiro atoms. The molecule has 3 saturated heterocycles. The molecule has 0 bridgehead atoms. The molecule has 1 amide bonds. The van der Waals surface area contributed by atoms with E-state index in [9.17, 15) is 4.79 Å². The van der Waals surface area contributed by atoms with Gasteiger partial charge in [0.2, 0.25) is 5.91 Å². The summed E-state index contributed by atoms with van der Waals surface area (Å²) in [6.07, 6.45) is 4.76. The van der Waals surface area contributed by atoms with Crippen molar-refractivity contribution in [3.05, 3.63) is 24.4 Å². The zero-order valence-corrected chi connectivity index (χ0v) is 14.2. The first-order valence-electron chi connectivity index (χ1n) is 9.20. The third-order valence-corrected chi connectivity index (χ3v) is 5.54. The lowest BCUT2D eigenvalue weighted by atomic mass is 10.00. The molecule has 4 rings (SSSR count). The minimum absolute atomic E-state index is 0.231. The molecule has 130 valence electrons. The smallest absolute Gasteiger partial charge is 0.220 e. The summed E-state index contributed by atoms with van der Waals surface area (Å²) < 4.78 is 0. The Morgan fingerprint density at radius 2 is 2.00 bits per heavy atom. The average molecular weight is 329 g/mol. The fourth-order valence-electron chi connectivity index (χ4n) is 4.11. The van der Waals surface area contributed by atoms with Crippen molar-refractivity contribution >= 4 is 11.7 Å². The Labute approximate surface area is 143 Å². The molecule has 0 saturated carbocycles. The number of amides is 1. The van der Waals surface area contributed by atoms with Crippen LogP contribution in [0.2, 0.25) is 0 Å². The number of carbonyl (C=O) groups is 1. The van der Waals surface area contributed by atoms with Crippen LogP contribution in [-0.2, 0) is 4.79 Å². The average Bonchev–Trinajstić information content (AvgIpc) is 2.59. The number of carbonyl (C=O) groups excluding carboxylic acids is 1. The Hall–Kier alpha value is -1.66. The topological polar surface area (TPSA) is 51.7 Å². The quantitative estimate of drug-likeness (QED) is 0.875. The summed E-state index contributed by atoms with van der Waals surface area (Å²) in [4.78, 5) is 23.4. The molecule has 1 atom stereocenters. The van der Waals surface area contributed by atoms with E-state index in [4.69, 9.17) is 0 Å². The van der Waals surface area contributed by atoms with Crippen LogP contribution >= 0.6 is 0 Å². The molecule has 1 N–H and O–H groups in total. The molecule has 3 fully saturated rings. The monoisotopic (exact) mass is 329 g/mol. The van der Waals surface area contributed by atoms with Gasteiger partial charge in [-0.3, -0.25) is 14.6 Å². The SMILES string of the molecule is O=C1CCCC(CN2CC(N3CCN(c4ccccn4)CC3)C2)N1. The van der Waals surface area contributed by atoms with E-state index >= 15 is 0 Å². The Morgan fingerprint density at radius 1 is 1.17 bits per heavy atom. The molecule has 0 aliphatic carbocycles. The lowest BCUT2D eigenvalue weighted by Gasteiger charge is -2.49. The van der Waals surface area contributed by atoms with E-state index < -0.39 is 0 Å². The molecule has 0 radical (unpaired) electrons. The number of nitrogens with zero attached hydrogens (tertiary/aromatic N) is 4. The number of piperidine rings is 1. The van der Waals surface area contributed by atoms with Gasteiger partial charge in [-0.1, -0.05) is 6.07 Å². The Kier molecular flexibility index (Phi) is 4.67. The lowest BCUT2D eigenvalue weighted by molar-refractivity contribution is -0.123. The zero-order chi connectivity index (χ0) is 16.4. The highest BCUT2D eigenvalue weighted by molar-refractivity contribution is 5.76. The van der Waals surface area contributed by atoms with Crippen LogP contribution in [0, 0.1) is 0 Å². The van der Waals surface area contributed by atoms with Gasteiger partial charge in [0.05, 0.1) is 0 Å². The second-order valence-corrected chi connectivity index (χ2v) is 7.24. The summed E-state index contributed by atoms with van der Waals surface area (Å²) in [5.74, 6) is 1.33. The number of aromatic nitrogens is 1. The van der Waals surface area contributed by atoms with E-state index in [1.54, 1.807) is 0 Å². The number of likely N-dealkylation sites (tertiary alicyclic amines) is 1. The van der Waals surface area contributed by atoms with Crippen molar-refractivity contribution in [3.8, 4) is 0 Å². The fourth-order valence-corrected chi connectivity index (χ4v) is 4.11. The van der Waals surface area contributed by atoms with Crippen molar-refractivity contribution in [1.29, 1.82) is 0 Å². The largest absolute Gasteiger partial charge is 0.354 e. The Morgan fingerprint density at radius 3 is 2.71 bits per heavy atom. The molecular formula is C18H27N5O. The normalized spacial score (nSPS) is 26.9. The maximum Gasteiger partial charge on any atom is 0.220 e. The van der Waals surface area contributed by atoms with Crippen LogP contribution in [0.3, 0.4) is 0 Å². The molecule has 1 aromatic heterocycles. The predicted molar refractivity (Wildman–Crippen MR) is 94.0 cm³/mol. The van der Waals surface area contributed by atoms with E-state index in [1.807, 2.05) is 12.3 Å². The summed E-state index contributed by atoms with van der Waals surface area (Å²) >= 11 is 0. The van der Waals surface area contributed by atoms with Crippen LogP contribution < -0.4 is 10.2 Å². The number of pyridine rings is 1. The van der Waals surface area contributed by atoms with Crippen LogP contribution in [0.5, 0.6) is 0 Å². The fraction of sp³-hybridized carbons (Fsp3) is 0.667. The van der Waals surface area contributed by atoms with Crippen molar-refractivity contribution < 1.29 is 4.79 Å². The molecule has 3 aliphatic heterocycles. The van der Waals surface area contributed by atoms with Crippen molar-refractivity contribution in [3.63, 3.8) is 0 Å². The standard InChI is InChI=1S/C18H27N5O/c24-18-6-3-4-15(20-18)12-21-13-16(14-21)22-8-10-23(11-9-22)17-5-1-2-7-19-17/h1-2,5,7,15-16H,3-4,6,8-14H2,(H,20,24). The van der Waals surface area contributed by atoms with Gasteiger partial charge in [-0.2, -0.15) is 0 Å². The highest BCUT2D eigenvalue weighted by Gasteiger charge is 2.35. The molecule has 0 aromatic carbocycles. The summed E-state index contributed by atoms with van der Waals surface area (Å²) in [7, 11) is 0. The van der Waals surface area contributed by atoms with Crippen molar-refractivity contribution in [2.24, 2.45) is 0 Å². The van der Waals surface area contributed by atoms with Gasteiger partial charge in [-0.15, -0.1) is 0 Å². The van der Waals surface area contributed by atoms with Gasteiger partial charge < -0.3 is 10.2 Å². The number of nitrogens with one attached hydrogen (secondary N) is 1. The van der Waals surface area contributed by atoms with Gasteiger partial charge in [-0.05, 0) is 25.0 Å². The molecule has 24 heavy (non-hydrogen) atoms. The first-order valence-corrected chi connectivity index (χ1v) is 9.20. The number of hydrogen-bond donors (Lipinski definition) is 1. The summed E-state index contributed by atoms with van der Waals surface area (Å²) in [6.45, 7) is 7.69. The van der Waals surface area contributed by atoms with Gasteiger partial charge in [0.25, 0.3) is 0 Å². The van der Waals surface area contributed by atoms with Gasteiger partial charge in [0.15, 0.2) is 0 Å². The molecule has 4 heterocycles. The Bertz CT molecular complexity index is 552. The van der Waals surface area contributed by atoms with Crippen molar-refractivity contribution in [1.82, 2.24) is 20.1 Å². The van der Waals surface area contributed by atoms with Crippen LogP contribution in [0.4, 0.5) is 5.82 Å². The van der Waals surface area contributed by atoms with E-state index in [0.29, 0.717) is 18.5 Å². The highest BCUT2D eigenvalue weighted by Crippen LogP contribution is 2.20. The van der Waals surface area contributed by atoms with Gasteiger partial charge in [-0.25, -0.2) is 4.98 Å². The maximum atomic E-state index is 11.5. The van der Waals surface area contributed by atoms with Crippen molar-refractivity contribution in [2.75, 3.05) is 50.7 Å². The molecule has 3 aliphatic rings.